The first kappa shape index (κ1) is 14.5. The van der Waals surface area contributed by atoms with Crippen LogP contribution in [0.3, 0.4) is 0 Å². The van der Waals surface area contributed by atoms with Crippen molar-refractivity contribution >= 4 is 11.7 Å². The van der Waals surface area contributed by atoms with Crippen molar-refractivity contribution < 1.29 is 9.18 Å². The Morgan fingerprint density at radius 2 is 2.15 bits per heavy atom. The number of amidine groups is 1. The fourth-order valence-corrected chi connectivity index (χ4v) is 2.25. The van der Waals surface area contributed by atoms with E-state index in [1.165, 1.54) is 12.1 Å². The summed E-state index contributed by atoms with van der Waals surface area (Å²) in [6.07, 6.45) is 0. The Morgan fingerprint density at radius 1 is 1.45 bits per heavy atom. The lowest BCUT2D eigenvalue weighted by molar-refractivity contribution is -0.124. The highest BCUT2D eigenvalue weighted by Crippen LogP contribution is 2.25. The van der Waals surface area contributed by atoms with Crippen LogP contribution in [0.25, 0.3) is 0 Å². The molecule has 0 bridgehead atoms. The molecule has 0 spiro atoms. The largest absolute Gasteiger partial charge is 0.354 e. The number of nitrogens with zero attached hydrogens (tertiary/aromatic N) is 1. The van der Waals surface area contributed by atoms with Crippen LogP contribution in [0.1, 0.15) is 31.9 Å². The maximum atomic E-state index is 13.2. The second kappa shape index (κ2) is 5.61. The third kappa shape index (κ3) is 2.81. The number of nitrogens with one attached hydrogen (secondary N) is 2. The molecule has 108 valence electrons. The molecular formula is C15H20FN3O. The molecule has 2 N–H and O–H groups in total. The summed E-state index contributed by atoms with van der Waals surface area (Å²) in [6, 6.07) is 3.99. The fourth-order valence-electron chi connectivity index (χ4n) is 2.25. The van der Waals surface area contributed by atoms with Crippen molar-refractivity contribution in [3.8, 4) is 0 Å². The van der Waals surface area contributed by atoms with E-state index in [9.17, 15) is 9.18 Å². The molecule has 1 atom stereocenters. The second-order valence-corrected chi connectivity index (χ2v) is 5.59. The number of halogens is 1. The molecule has 1 aliphatic heterocycles. The molecule has 0 aromatic heterocycles. The van der Waals surface area contributed by atoms with Gasteiger partial charge >= 0.3 is 0 Å². The molecule has 5 heteroatoms. The zero-order chi connectivity index (χ0) is 14.9. The minimum Gasteiger partial charge on any atom is -0.354 e. The number of hydrogen-bond acceptors (Lipinski definition) is 2. The molecule has 1 aromatic rings. The molecule has 0 radical (unpaired) electrons. The second-order valence-electron chi connectivity index (χ2n) is 5.59. The molecule has 1 aliphatic rings. The standard InChI is InChI=1S/C15H20FN3O/c1-9(2)7-18-15(20)10(3)19-8-11-4-5-12(16)6-13(11)14(19)17/h4-6,9-10,17H,7-8H2,1-3H3,(H,18,20). The van der Waals surface area contributed by atoms with E-state index in [0.717, 1.165) is 5.56 Å². The van der Waals surface area contributed by atoms with E-state index in [-0.39, 0.29) is 17.6 Å². The van der Waals surface area contributed by atoms with Crippen LogP contribution in [0.4, 0.5) is 4.39 Å². The minimum absolute atomic E-state index is 0.100. The maximum absolute atomic E-state index is 13.2. The molecule has 0 fully saturated rings. The Balaban J connectivity index is 2.08. The number of carbonyl (C=O) groups excluding carboxylic acids is 1. The lowest BCUT2D eigenvalue weighted by atomic mass is 10.1. The van der Waals surface area contributed by atoms with E-state index >= 15 is 0 Å². The first-order chi connectivity index (χ1) is 9.40. The maximum Gasteiger partial charge on any atom is 0.242 e. The molecule has 4 nitrogen and oxygen atoms in total. The molecule has 1 heterocycles. The van der Waals surface area contributed by atoms with Gasteiger partial charge < -0.3 is 10.2 Å². The third-order valence-electron chi connectivity index (χ3n) is 3.49. The molecular weight excluding hydrogens is 257 g/mol. The zero-order valence-electron chi connectivity index (χ0n) is 12.0. The van der Waals surface area contributed by atoms with E-state index in [0.29, 0.717) is 24.6 Å². The van der Waals surface area contributed by atoms with Crippen LogP contribution in [0.5, 0.6) is 0 Å². The SMILES string of the molecule is CC(C)CNC(=O)C(C)N1Cc2ccc(F)cc2C1=N. The first-order valence-electron chi connectivity index (χ1n) is 6.82. The summed E-state index contributed by atoms with van der Waals surface area (Å²) in [5, 5.41) is 11.0. The normalized spacial score (nSPS) is 15.4. The van der Waals surface area contributed by atoms with E-state index in [1.807, 2.05) is 13.8 Å². The van der Waals surface area contributed by atoms with Crippen LogP contribution in [0.2, 0.25) is 0 Å². The number of carbonyl (C=O) groups is 1. The van der Waals surface area contributed by atoms with Crippen molar-refractivity contribution in [1.82, 2.24) is 10.2 Å². The van der Waals surface area contributed by atoms with Gasteiger partial charge in [0.15, 0.2) is 0 Å². The molecule has 1 aromatic carbocycles. The summed E-state index contributed by atoms with van der Waals surface area (Å²) >= 11 is 0. The lowest BCUT2D eigenvalue weighted by Gasteiger charge is -2.25. The summed E-state index contributed by atoms with van der Waals surface area (Å²) < 4.78 is 13.2. The van der Waals surface area contributed by atoms with Crippen molar-refractivity contribution in [3.05, 3.63) is 35.1 Å². The van der Waals surface area contributed by atoms with Crippen LogP contribution < -0.4 is 5.32 Å². The Morgan fingerprint density at radius 3 is 2.80 bits per heavy atom. The summed E-state index contributed by atoms with van der Waals surface area (Å²) in [5.74, 6) is 0.145. The van der Waals surface area contributed by atoms with Crippen molar-refractivity contribution in [3.63, 3.8) is 0 Å². The monoisotopic (exact) mass is 277 g/mol. The van der Waals surface area contributed by atoms with Gasteiger partial charge in [0, 0.05) is 18.7 Å². The predicted molar refractivity (Wildman–Crippen MR) is 76.1 cm³/mol. The number of fused-ring (bicyclic) bond motifs is 1. The highest BCUT2D eigenvalue weighted by molar-refractivity contribution is 6.02. The minimum atomic E-state index is -0.434. The van der Waals surface area contributed by atoms with E-state index in [2.05, 4.69) is 5.32 Å². The van der Waals surface area contributed by atoms with E-state index < -0.39 is 6.04 Å². The van der Waals surface area contributed by atoms with Gasteiger partial charge in [-0.2, -0.15) is 0 Å². The molecule has 2 rings (SSSR count). The van der Waals surface area contributed by atoms with Gasteiger partial charge in [0.1, 0.15) is 17.7 Å². The highest BCUT2D eigenvalue weighted by atomic mass is 19.1. The fraction of sp³-hybridized carbons (Fsp3) is 0.467. The highest BCUT2D eigenvalue weighted by Gasteiger charge is 2.31. The van der Waals surface area contributed by atoms with Crippen LogP contribution >= 0.6 is 0 Å². The average Bonchev–Trinajstić information content (AvgIpc) is 2.72. The number of amides is 1. The topological polar surface area (TPSA) is 56.2 Å². The van der Waals surface area contributed by atoms with Crippen LogP contribution in [-0.4, -0.2) is 29.2 Å². The smallest absolute Gasteiger partial charge is 0.242 e. The lowest BCUT2D eigenvalue weighted by Crippen LogP contribution is -2.46. The quantitative estimate of drug-likeness (QED) is 0.885. The summed E-state index contributed by atoms with van der Waals surface area (Å²) in [6.45, 7) is 6.92. The number of rotatable bonds is 4. The molecule has 0 saturated carbocycles. The van der Waals surface area contributed by atoms with Gasteiger partial charge in [-0.15, -0.1) is 0 Å². The number of benzene rings is 1. The van der Waals surface area contributed by atoms with E-state index in [4.69, 9.17) is 5.41 Å². The first-order valence-corrected chi connectivity index (χ1v) is 6.82. The van der Waals surface area contributed by atoms with Gasteiger partial charge in [-0.25, -0.2) is 4.39 Å². The van der Waals surface area contributed by atoms with Gasteiger partial charge in [-0.1, -0.05) is 19.9 Å². The third-order valence-corrected chi connectivity index (χ3v) is 3.49. The Hall–Kier alpha value is -1.91. The van der Waals surface area contributed by atoms with Gasteiger partial charge in [-0.3, -0.25) is 10.2 Å². The zero-order valence-corrected chi connectivity index (χ0v) is 12.0. The summed E-state index contributed by atoms with van der Waals surface area (Å²) in [7, 11) is 0. The van der Waals surface area contributed by atoms with Gasteiger partial charge in [0.25, 0.3) is 0 Å². The van der Waals surface area contributed by atoms with Crippen LogP contribution in [-0.2, 0) is 11.3 Å². The van der Waals surface area contributed by atoms with E-state index in [1.54, 1.807) is 17.9 Å². The van der Waals surface area contributed by atoms with Crippen molar-refractivity contribution in [1.29, 1.82) is 5.41 Å². The molecule has 0 aliphatic carbocycles. The van der Waals surface area contributed by atoms with Gasteiger partial charge in [-0.05, 0) is 30.5 Å². The van der Waals surface area contributed by atoms with Gasteiger partial charge in [0.05, 0.1) is 0 Å². The number of hydrogen-bond donors (Lipinski definition) is 2. The van der Waals surface area contributed by atoms with Crippen molar-refractivity contribution in [2.24, 2.45) is 5.92 Å². The van der Waals surface area contributed by atoms with Crippen LogP contribution in [0.15, 0.2) is 18.2 Å². The summed E-state index contributed by atoms with van der Waals surface area (Å²) in [4.78, 5) is 13.8. The summed E-state index contributed by atoms with van der Waals surface area (Å²) in [5.41, 5.74) is 1.47. The molecule has 0 saturated heterocycles. The Kier molecular flexibility index (Phi) is 4.06. The Labute approximate surface area is 118 Å². The van der Waals surface area contributed by atoms with Gasteiger partial charge in [0.2, 0.25) is 5.91 Å². The average molecular weight is 277 g/mol. The molecule has 20 heavy (non-hydrogen) atoms. The van der Waals surface area contributed by atoms with Crippen molar-refractivity contribution in [2.45, 2.75) is 33.4 Å². The van der Waals surface area contributed by atoms with Crippen LogP contribution in [0, 0.1) is 17.1 Å². The van der Waals surface area contributed by atoms with Crippen molar-refractivity contribution in [2.75, 3.05) is 6.54 Å². The molecule has 1 amide bonds. The predicted octanol–water partition coefficient (Wildman–Crippen LogP) is 2.13. The Bertz CT molecular complexity index is 542. The molecule has 1 unspecified atom stereocenters.